The van der Waals surface area contributed by atoms with Crippen molar-refractivity contribution in [3.05, 3.63) is 53.7 Å². The third-order valence-electron chi connectivity index (χ3n) is 5.26. The summed E-state index contributed by atoms with van der Waals surface area (Å²) in [5.74, 6) is 0.277. The van der Waals surface area contributed by atoms with Crippen LogP contribution in [-0.4, -0.2) is 68.5 Å². The molecule has 1 aromatic carbocycles. The van der Waals surface area contributed by atoms with Gasteiger partial charge in [0, 0.05) is 51.3 Å². The molecule has 3 rings (SSSR count). The first-order chi connectivity index (χ1) is 14.2. The summed E-state index contributed by atoms with van der Waals surface area (Å²) >= 11 is 0. The van der Waals surface area contributed by atoms with Gasteiger partial charge in [-0.2, -0.15) is 4.31 Å². The Morgan fingerprint density at radius 1 is 1.27 bits per heavy atom. The maximum atomic E-state index is 13.6. The van der Waals surface area contributed by atoms with Gasteiger partial charge < -0.3 is 14.7 Å². The molecule has 0 aliphatic carbocycles. The smallest absolute Gasteiger partial charge is 0.220 e. The van der Waals surface area contributed by atoms with E-state index in [-0.39, 0.29) is 17.0 Å². The summed E-state index contributed by atoms with van der Waals surface area (Å²) in [7, 11) is -1.75. The number of rotatable bonds is 6. The van der Waals surface area contributed by atoms with E-state index in [4.69, 9.17) is 4.52 Å². The number of piperazine rings is 1. The van der Waals surface area contributed by atoms with Crippen LogP contribution in [0.1, 0.15) is 25.1 Å². The van der Waals surface area contributed by atoms with E-state index in [9.17, 15) is 12.8 Å². The van der Waals surface area contributed by atoms with Crippen LogP contribution in [-0.2, 0) is 21.2 Å². The maximum absolute atomic E-state index is 13.6. The highest BCUT2D eigenvalue weighted by atomic mass is 32.2. The lowest BCUT2D eigenvalue weighted by Gasteiger charge is -2.37. The van der Waals surface area contributed by atoms with E-state index in [1.165, 1.54) is 16.6 Å². The van der Waals surface area contributed by atoms with Crippen molar-refractivity contribution in [3.8, 4) is 0 Å². The fourth-order valence-corrected chi connectivity index (χ4v) is 4.84. The molecule has 1 aliphatic rings. The topological polar surface area (TPSA) is 91.0 Å². The molecule has 30 heavy (non-hydrogen) atoms. The highest BCUT2D eigenvalue weighted by molar-refractivity contribution is 7.88. The van der Waals surface area contributed by atoms with Gasteiger partial charge in [-0.1, -0.05) is 31.1 Å². The largest absolute Gasteiger partial charge is 0.364 e. The van der Waals surface area contributed by atoms with Crippen molar-refractivity contribution in [3.63, 3.8) is 0 Å². The Hall–Kier alpha value is -2.46. The number of nitrogens with zero attached hydrogens (tertiary/aromatic N) is 4. The molecule has 0 unspecified atom stereocenters. The molecule has 0 amide bonds. The third kappa shape index (κ3) is 5.37. The number of aromatic nitrogens is 1. The first-order valence-electron chi connectivity index (χ1n) is 9.80. The summed E-state index contributed by atoms with van der Waals surface area (Å²) in [4.78, 5) is 6.37. The zero-order chi connectivity index (χ0) is 21.8. The average molecular weight is 438 g/mol. The van der Waals surface area contributed by atoms with Gasteiger partial charge in [0.15, 0.2) is 5.96 Å². The maximum Gasteiger partial charge on any atom is 0.220 e. The van der Waals surface area contributed by atoms with Gasteiger partial charge in [-0.3, -0.25) is 4.99 Å². The van der Waals surface area contributed by atoms with Crippen LogP contribution in [0.5, 0.6) is 0 Å². The number of halogens is 1. The van der Waals surface area contributed by atoms with Gasteiger partial charge in [0.25, 0.3) is 0 Å². The second-order valence-corrected chi connectivity index (χ2v) is 9.90. The summed E-state index contributed by atoms with van der Waals surface area (Å²) < 4.78 is 45.0. The van der Waals surface area contributed by atoms with Crippen LogP contribution in [0, 0.1) is 5.82 Å². The third-order valence-corrected chi connectivity index (χ3v) is 7.07. The van der Waals surface area contributed by atoms with E-state index in [0.29, 0.717) is 44.4 Å². The molecular formula is C20H28FN5O3S. The number of guanidine groups is 1. The number of hydrogen-bond donors (Lipinski definition) is 1. The monoisotopic (exact) mass is 437 g/mol. The van der Waals surface area contributed by atoms with Crippen LogP contribution < -0.4 is 5.32 Å². The van der Waals surface area contributed by atoms with E-state index in [2.05, 4.69) is 15.5 Å². The Kier molecular flexibility index (Phi) is 6.77. The Labute approximate surface area is 176 Å². The normalized spacial score (nSPS) is 16.7. The van der Waals surface area contributed by atoms with Crippen molar-refractivity contribution >= 4 is 16.0 Å². The Morgan fingerprint density at radius 2 is 2.00 bits per heavy atom. The molecule has 1 saturated heterocycles. The van der Waals surface area contributed by atoms with E-state index in [1.54, 1.807) is 25.2 Å². The van der Waals surface area contributed by atoms with Gasteiger partial charge in [0.1, 0.15) is 17.8 Å². The minimum absolute atomic E-state index is 0.168. The van der Waals surface area contributed by atoms with Crippen LogP contribution in [0.2, 0.25) is 0 Å². The predicted octanol–water partition coefficient (Wildman–Crippen LogP) is 1.81. The average Bonchev–Trinajstić information content (AvgIpc) is 3.21. The summed E-state index contributed by atoms with van der Waals surface area (Å²) in [6, 6.07) is 8.15. The highest BCUT2D eigenvalue weighted by Crippen LogP contribution is 2.23. The standard InChI is InChI=1S/C20H28FN5O3S/c1-20(2,16-5-4-6-17(21)13-16)15-23-19(22-3)25-8-10-26(11-9-25)30(27,28)14-18-7-12-29-24-18/h4-7,12-13H,8-11,14-15H2,1-3H3,(H,22,23). The molecule has 0 radical (unpaired) electrons. The second kappa shape index (κ2) is 9.13. The molecule has 2 aromatic rings. The molecule has 1 aromatic heterocycles. The minimum atomic E-state index is -3.45. The molecular weight excluding hydrogens is 409 g/mol. The summed E-state index contributed by atoms with van der Waals surface area (Å²) in [5.41, 5.74) is 0.990. The van der Waals surface area contributed by atoms with Gasteiger partial charge in [-0.05, 0) is 17.7 Å². The molecule has 10 heteroatoms. The molecule has 0 bridgehead atoms. The van der Waals surface area contributed by atoms with Gasteiger partial charge >= 0.3 is 0 Å². The van der Waals surface area contributed by atoms with Gasteiger partial charge in [-0.15, -0.1) is 0 Å². The molecule has 0 spiro atoms. The highest BCUT2D eigenvalue weighted by Gasteiger charge is 2.29. The molecule has 0 atom stereocenters. The van der Waals surface area contributed by atoms with Crippen molar-refractivity contribution in [1.29, 1.82) is 0 Å². The Morgan fingerprint density at radius 3 is 2.60 bits per heavy atom. The predicted molar refractivity (Wildman–Crippen MR) is 113 cm³/mol. The molecule has 8 nitrogen and oxygen atoms in total. The van der Waals surface area contributed by atoms with Gasteiger partial charge in [0.2, 0.25) is 10.0 Å². The molecule has 1 fully saturated rings. The molecule has 1 N–H and O–H groups in total. The Balaban J connectivity index is 1.56. The van der Waals surface area contributed by atoms with Crippen molar-refractivity contribution in [1.82, 2.24) is 19.7 Å². The zero-order valence-corrected chi connectivity index (χ0v) is 18.3. The number of benzene rings is 1. The lowest BCUT2D eigenvalue weighted by atomic mass is 9.84. The summed E-state index contributed by atoms with van der Waals surface area (Å²) in [6.07, 6.45) is 1.36. The zero-order valence-electron chi connectivity index (χ0n) is 17.5. The lowest BCUT2D eigenvalue weighted by molar-refractivity contribution is 0.258. The number of aliphatic imine (C=N–C) groups is 1. The summed E-state index contributed by atoms with van der Waals surface area (Å²) in [5, 5.41) is 7.04. The van der Waals surface area contributed by atoms with Crippen LogP contribution in [0.4, 0.5) is 4.39 Å². The molecule has 2 heterocycles. The molecule has 1 aliphatic heterocycles. The van der Waals surface area contributed by atoms with Crippen molar-refractivity contribution in [2.45, 2.75) is 25.0 Å². The van der Waals surface area contributed by atoms with Crippen LogP contribution in [0.3, 0.4) is 0 Å². The van der Waals surface area contributed by atoms with Crippen LogP contribution in [0.15, 0.2) is 46.1 Å². The molecule has 164 valence electrons. The minimum Gasteiger partial charge on any atom is -0.364 e. The van der Waals surface area contributed by atoms with Crippen LogP contribution >= 0.6 is 0 Å². The SMILES string of the molecule is CN=C(NCC(C)(C)c1cccc(F)c1)N1CCN(S(=O)(=O)Cc2ccon2)CC1. The lowest BCUT2D eigenvalue weighted by Crippen LogP contribution is -2.55. The first kappa shape index (κ1) is 22.2. The summed E-state index contributed by atoms with van der Waals surface area (Å²) in [6.45, 7) is 6.43. The van der Waals surface area contributed by atoms with Crippen LogP contribution in [0.25, 0.3) is 0 Å². The second-order valence-electron chi connectivity index (χ2n) is 7.93. The number of nitrogens with one attached hydrogen (secondary N) is 1. The van der Waals surface area contributed by atoms with E-state index in [0.717, 1.165) is 5.56 Å². The van der Waals surface area contributed by atoms with E-state index >= 15 is 0 Å². The number of sulfonamides is 1. The fourth-order valence-electron chi connectivity index (χ4n) is 3.41. The van der Waals surface area contributed by atoms with Gasteiger partial charge in [-0.25, -0.2) is 12.8 Å². The van der Waals surface area contributed by atoms with E-state index in [1.807, 2.05) is 24.8 Å². The van der Waals surface area contributed by atoms with Crippen molar-refractivity contribution in [2.24, 2.45) is 4.99 Å². The van der Waals surface area contributed by atoms with E-state index < -0.39 is 10.0 Å². The fraction of sp³-hybridized carbons (Fsp3) is 0.500. The molecule has 0 saturated carbocycles. The quantitative estimate of drug-likeness (QED) is 0.548. The first-order valence-corrected chi connectivity index (χ1v) is 11.4. The number of hydrogen-bond acceptors (Lipinski definition) is 5. The Bertz CT molecular complexity index is 968. The van der Waals surface area contributed by atoms with Crippen molar-refractivity contribution in [2.75, 3.05) is 39.8 Å². The van der Waals surface area contributed by atoms with Gasteiger partial charge in [0.05, 0.1) is 5.69 Å². The van der Waals surface area contributed by atoms with Crippen molar-refractivity contribution < 1.29 is 17.3 Å².